The van der Waals surface area contributed by atoms with Gasteiger partial charge in [-0.15, -0.1) is 0 Å². The summed E-state index contributed by atoms with van der Waals surface area (Å²) in [6, 6.07) is 8.57. The van der Waals surface area contributed by atoms with Crippen molar-refractivity contribution in [3.05, 3.63) is 45.7 Å². The monoisotopic (exact) mass is 396 g/mol. The Kier molecular flexibility index (Phi) is 6.56. The molecule has 1 aromatic heterocycles. The molecule has 0 bridgehead atoms. The zero-order valence-electron chi connectivity index (χ0n) is 17.0. The van der Waals surface area contributed by atoms with Crippen molar-refractivity contribution < 1.29 is 0 Å². The lowest BCUT2D eigenvalue weighted by molar-refractivity contribution is 0.299. The van der Waals surface area contributed by atoms with Crippen LogP contribution in [0.3, 0.4) is 0 Å². The zero-order chi connectivity index (χ0) is 19.3. The number of hydrogen-bond acceptors (Lipinski definition) is 3. The lowest BCUT2D eigenvalue weighted by Gasteiger charge is -2.34. The minimum Gasteiger partial charge on any atom is -0.301 e. The molecule has 28 heavy (non-hydrogen) atoms. The van der Waals surface area contributed by atoms with Crippen LogP contribution in [0.5, 0.6) is 0 Å². The first-order valence-electron chi connectivity index (χ1n) is 11.1. The van der Waals surface area contributed by atoms with Gasteiger partial charge in [0.15, 0.2) is 5.16 Å². The maximum Gasteiger partial charge on any atom is 0.255 e. The molecular weight excluding hydrogens is 364 g/mol. The number of H-pyrrole nitrogens is 1. The Morgan fingerprint density at radius 1 is 1.11 bits per heavy atom. The molecule has 0 spiro atoms. The molecule has 0 radical (unpaired) electrons. The molecule has 150 valence electrons. The predicted octanol–water partition coefficient (Wildman–Crippen LogP) is 6.33. The average Bonchev–Trinajstić information content (AvgIpc) is 2.73. The highest BCUT2D eigenvalue weighted by Crippen LogP contribution is 2.44. The molecule has 1 atom stereocenters. The van der Waals surface area contributed by atoms with Gasteiger partial charge >= 0.3 is 0 Å². The van der Waals surface area contributed by atoms with Gasteiger partial charge in [-0.3, -0.25) is 4.79 Å². The minimum atomic E-state index is 0.103. The van der Waals surface area contributed by atoms with Gasteiger partial charge in [0.05, 0.1) is 5.69 Å². The summed E-state index contributed by atoms with van der Waals surface area (Å²) in [5, 5.41) is 0.791. The van der Waals surface area contributed by atoms with Gasteiger partial charge in [-0.05, 0) is 43.1 Å². The van der Waals surface area contributed by atoms with Crippen LogP contribution in [0.4, 0.5) is 0 Å². The molecule has 2 aliphatic rings. The van der Waals surface area contributed by atoms with E-state index in [2.05, 4.69) is 36.2 Å². The number of fused-ring (bicyclic) bond motifs is 3. The van der Waals surface area contributed by atoms with Gasteiger partial charge < -0.3 is 4.98 Å². The van der Waals surface area contributed by atoms with Crippen LogP contribution < -0.4 is 5.56 Å². The number of hydrogen-bond donors (Lipinski definition) is 1. The minimum absolute atomic E-state index is 0.103. The second kappa shape index (κ2) is 9.30. The third kappa shape index (κ3) is 4.22. The van der Waals surface area contributed by atoms with Crippen molar-refractivity contribution in [1.82, 2.24) is 9.97 Å². The van der Waals surface area contributed by atoms with Crippen molar-refractivity contribution in [2.24, 2.45) is 5.92 Å². The van der Waals surface area contributed by atoms with Gasteiger partial charge in [0.2, 0.25) is 0 Å². The van der Waals surface area contributed by atoms with E-state index in [9.17, 15) is 4.79 Å². The van der Waals surface area contributed by atoms with Gasteiger partial charge in [-0.1, -0.05) is 81.5 Å². The summed E-state index contributed by atoms with van der Waals surface area (Å²) in [4.78, 5) is 21.3. The Labute approximate surface area is 172 Å². The fourth-order valence-electron chi connectivity index (χ4n) is 4.98. The Balaban J connectivity index is 1.65. The van der Waals surface area contributed by atoms with E-state index < -0.39 is 0 Å². The van der Waals surface area contributed by atoms with Crippen LogP contribution in [0, 0.1) is 5.92 Å². The topological polar surface area (TPSA) is 45.8 Å². The molecule has 2 aromatic rings. The number of thioether (sulfide) groups is 1. The van der Waals surface area contributed by atoms with Crippen molar-refractivity contribution in [2.45, 2.75) is 82.2 Å². The maximum atomic E-state index is 13.2. The van der Waals surface area contributed by atoms with Crippen LogP contribution in [0.2, 0.25) is 0 Å². The van der Waals surface area contributed by atoms with Gasteiger partial charge in [0.25, 0.3) is 5.56 Å². The maximum absolute atomic E-state index is 13.2. The van der Waals surface area contributed by atoms with E-state index in [1.54, 1.807) is 11.8 Å². The second-order valence-corrected chi connectivity index (χ2v) is 9.49. The average molecular weight is 397 g/mol. The third-order valence-electron chi connectivity index (χ3n) is 6.47. The highest BCUT2D eigenvalue weighted by molar-refractivity contribution is 7.99. The fraction of sp³-hybridized carbons (Fsp3) is 0.583. The van der Waals surface area contributed by atoms with Gasteiger partial charge in [0, 0.05) is 16.9 Å². The van der Waals surface area contributed by atoms with Gasteiger partial charge in [-0.25, -0.2) is 4.98 Å². The van der Waals surface area contributed by atoms with E-state index >= 15 is 0 Å². The predicted molar refractivity (Wildman–Crippen MR) is 118 cm³/mol. The molecule has 4 heteroatoms. The molecule has 4 rings (SSSR count). The first-order chi connectivity index (χ1) is 13.8. The Morgan fingerprint density at radius 3 is 2.75 bits per heavy atom. The second-order valence-electron chi connectivity index (χ2n) is 8.41. The van der Waals surface area contributed by atoms with E-state index in [0.29, 0.717) is 11.8 Å². The van der Waals surface area contributed by atoms with Gasteiger partial charge in [0.1, 0.15) is 0 Å². The Bertz CT molecular complexity index is 854. The number of nitrogens with zero attached hydrogens (tertiary/aromatic N) is 1. The smallest absolute Gasteiger partial charge is 0.255 e. The van der Waals surface area contributed by atoms with Crippen LogP contribution >= 0.6 is 11.8 Å². The molecule has 1 saturated carbocycles. The first kappa shape index (κ1) is 19.8. The van der Waals surface area contributed by atoms with E-state index in [4.69, 9.17) is 4.98 Å². The fourth-order valence-corrected chi connectivity index (χ4v) is 5.85. The normalized spacial score (nSPS) is 19.2. The van der Waals surface area contributed by atoms with E-state index in [-0.39, 0.29) is 5.56 Å². The summed E-state index contributed by atoms with van der Waals surface area (Å²) in [5.74, 6) is 1.97. The van der Waals surface area contributed by atoms with Gasteiger partial charge in [-0.2, -0.15) is 0 Å². The largest absolute Gasteiger partial charge is 0.301 e. The van der Waals surface area contributed by atoms with Crippen LogP contribution in [-0.4, -0.2) is 15.7 Å². The third-order valence-corrected chi connectivity index (χ3v) is 7.43. The van der Waals surface area contributed by atoms with Crippen molar-refractivity contribution in [3.63, 3.8) is 0 Å². The standard InChI is InChI=1S/C24H32N2OS/c1-2-3-4-10-15-28-24-25-22-19-14-9-8-13-18(19)16-20(21(22)23(27)26-24)17-11-6-5-7-12-17/h8-9,13-14,17,20H,2-7,10-12,15-16H2,1H3,(H,25,26,27). The van der Waals surface area contributed by atoms with Crippen LogP contribution in [0.25, 0.3) is 11.3 Å². The lowest BCUT2D eigenvalue weighted by Crippen LogP contribution is -2.30. The van der Waals surface area contributed by atoms with E-state index in [0.717, 1.165) is 28.6 Å². The quantitative estimate of drug-likeness (QED) is 0.338. The summed E-state index contributed by atoms with van der Waals surface area (Å²) in [6.45, 7) is 2.23. The summed E-state index contributed by atoms with van der Waals surface area (Å²) in [6.07, 6.45) is 12.4. The number of rotatable bonds is 7. The molecule has 1 unspecified atom stereocenters. The summed E-state index contributed by atoms with van der Waals surface area (Å²) in [7, 11) is 0. The van der Waals surface area contributed by atoms with Crippen LogP contribution in [0.15, 0.2) is 34.2 Å². The zero-order valence-corrected chi connectivity index (χ0v) is 17.8. The van der Waals surface area contributed by atoms with Crippen molar-refractivity contribution in [2.75, 3.05) is 5.75 Å². The molecule has 0 aliphatic heterocycles. The van der Waals surface area contributed by atoms with Crippen molar-refractivity contribution in [1.29, 1.82) is 0 Å². The van der Waals surface area contributed by atoms with E-state index in [1.165, 1.54) is 68.9 Å². The molecule has 1 heterocycles. The summed E-state index contributed by atoms with van der Waals surface area (Å²) < 4.78 is 0. The molecule has 0 saturated heterocycles. The molecule has 2 aliphatic carbocycles. The highest BCUT2D eigenvalue weighted by Gasteiger charge is 2.34. The number of aromatic nitrogens is 2. The molecule has 1 N–H and O–H groups in total. The Hall–Kier alpha value is -1.55. The SMILES string of the molecule is CCCCCCSc1nc2c(c(=O)[nH]1)C(C1CCCCC1)Cc1ccccc1-2. The van der Waals surface area contributed by atoms with Crippen LogP contribution in [0.1, 0.15) is 81.8 Å². The van der Waals surface area contributed by atoms with Crippen molar-refractivity contribution in [3.8, 4) is 11.3 Å². The number of benzene rings is 1. The molecule has 1 fully saturated rings. The number of unbranched alkanes of at least 4 members (excludes halogenated alkanes) is 3. The van der Waals surface area contributed by atoms with E-state index in [1.807, 2.05) is 0 Å². The lowest BCUT2D eigenvalue weighted by atomic mass is 9.70. The first-order valence-corrected chi connectivity index (χ1v) is 12.1. The number of nitrogens with one attached hydrogen (secondary N) is 1. The summed E-state index contributed by atoms with van der Waals surface area (Å²) >= 11 is 1.70. The number of aromatic amines is 1. The molecule has 0 amide bonds. The van der Waals surface area contributed by atoms with Crippen LogP contribution in [-0.2, 0) is 6.42 Å². The molecular formula is C24H32N2OS. The Morgan fingerprint density at radius 2 is 1.93 bits per heavy atom. The molecule has 3 nitrogen and oxygen atoms in total. The highest BCUT2D eigenvalue weighted by atomic mass is 32.2. The molecule has 1 aromatic carbocycles. The van der Waals surface area contributed by atoms with Crippen molar-refractivity contribution >= 4 is 11.8 Å². The summed E-state index contributed by atoms with van der Waals surface area (Å²) in [5.41, 5.74) is 4.55.